The highest BCUT2D eigenvalue weighted by Crippen LogP contribution is 2.24. The van der Waals surface area contributed by atoms with Crippen LogP contribution in [0.2, 0.25) is 0 Å². The fourth-order valence-corrected chi connectivity index (χ4v) is 3.24. The van der Waals surface area contributed by atoms with E-state index in [0.717, 1.165) is 11.3 Å². The fraction of sp³-hybridized carbons (Fsp3) is 0.333. The molecule has 2 aromatic carbocycles. The van der Waals surface area contributed by atoms with Gasteiger partial charge in [-0.15, -0.1) is 0 Å². The number of amides is 1. The van der Waals surface area contributed by atoms with Crippen molar-refractivity contribution >= 4 is 22.6 Å². The van der Waals surface area contributed by atoms with Gasteiger partial charge in [-0.3, -0.25) is 14.9 Å². The molecule has 0 saturated heterocycles. The molecule has 0 fully saturated rings. The molecule has 1 amide bonds. The molecule has 9 heteroatoms. The van der Waals surface area contributed by atoms with Gasteiger partial charge < -0.3 is 19.4 Å². The summed E-state index contributed by atoms with van der Waals surface area (Å²) in [6.07, 6.45) is 1.38. The quantitative estimate of drug-likeness (QED) is 0.427. The van der Waals surface area contributed by atoms with E-state index in [-0.39, 0.29) is 30.3 Å². The third kappa shape index (κ3) is 4.93. The predicted octanol–water partition coefficient (Wildman–Crippen LogP) is 3.24. The molecular formula is C21H24N4O5. The normalized spacial score (nSPS) is 13.0. The van der Waals surface area contributed by atoms with Crippen LogP contribution in [-0.2, 0) is 16.1 Å². The summed E-state index contributed by atoms with van der Waals surface area (Å²) < 4.78 is 12.3. The van der Waals surface area contributed by atoms with E-state index in [1.54, 1.807) is 19.2 Å². The summed E-state index contributed by atoms with van der Waals surface area (Å²) in [6, 6.07) is 11.9. The maximum atomic E-state index is 12.5. The largest absolute Gasteiger partial charge is 0.488 e. The third-order valence-electron chi connectivity index (χ3n) is 4.62. The van der Waals surface area contributed by atoms with Crippen molar-refractivity contribution in [3.05, 3.63) is 64.5 Å². The van der Waals surface area contributed by atoms with Crippen LogP contribution in [0.5, 0.6) is 5.75 Å². The van der Waals surface area contributed by atoms with Gasteiger partial charge in [0.15, 0.2) is 0 Å². The number of nitro groups is 1. The van der Waals surface area contributed by atoms with Crippen molar-refractivity contribution in [1.82, 2.24) is 14.9 Å². The lowest BCUT2D eigenvalue weighted by atomic mass is 10.1. The summed E-state index contributed by atoms with van der Waals surface area (Å²) in [5, 5.41) is 14.2. The molecule has 0 spiro atoms. The van der Waals surface area contributed by atoms with Crippen LogP contribution in [0.3, 0.4) is 0 Å². The number of benzene rings is 2. The minimum Gasteiger partial charge on any atom is -0.488 e. The number of fused-ring (bicyclic) bond motifs is 1. The van der Waals surface area contributed by atoms with Gasteiger partial charge in [0.2, 0.25) is 5.91 Å². The van der Waals surface area contributed by atoms with Gasteiger partial charge in [-0.05, 0) is 37.6 Å². The number of carbonyl (C=O) groups is 1. The van der Waals surface area contributed by atoms with E-state index in [9.17, 15) is 14.9 Å². The van der Waals surface area contributed by atoms with Crippen LogP contribution in [0, 0.1) is 10.1 Å². The molecule has 3 aromatic rings. The smallest absolute Gasteiger partial charge is 0.295 e. The second-order valence-electron chi connectivity index (χ2n) is 7.02. The number of carbonyl (C=O) groups excluding carboxylic acids is 1. The summed E-state index contributed by atoms with van der Waals surface area (Å²) in [7, 11) is 1.62. The third-order valence-corrected chi connectivity index (χ3v) is 4.62. The summed E-state index contributed by atoms with van der Waals surface area (Å²) >= 11 is 0. The monoisotopic (exact) mass is 412 g/mol. The van der Waals surface area contributed by atoms with Crippen molar-refractivity contribution in [2.75, 3.05) is 13.7 Å². The first-order valence-corrected chi connectivity index (χ1v) is 9.52. The fourth-order valence-electron chi connectivity index (χ4n) is 3.24. The highest BCUT2D eigenvalue weighted by Gasteiger charge is 2.18. The molecule has 9 nitrogen and oxygen atoms in total. The number of ether oxygens (including phenoxy) is 2. The van der Waals surface area contributed by atoms with E-state index in [1.165, 1.54) is 17.0 Å². The number of rotatable bonds is 9. The Kier molecular flexibility index (Phi) is 6.63. The van der Waals surface area contributed by atoms with E-state index in [1.807, 2.05) is 38.1 Å². The van der Waals surface area contributed by atoms with Crippen molar-refractivity contribution in [3.63, 3.8) is 0 Å². The Balaban J connectivity index is 1.65. The maximum Gasteiger partial charge on any atom is 0.295 e. The first-order valence-electron chi connectivity index (χ1n) is 9.52. The van der Waals surface area contributed by atoms with Gasteiger partial charge in [-0.2, -0.15) is 0 Å². The number of nitro benzene ring substituents is 1. The number of nitrogens with one attached hydrogen (secondary N) is 1. The molecule has 0 aliphatic carbocycles. The number of imidazole rings is 1. The van der Waals surface area contributed by atoms with E-state index in [0.29, 0.717) is 17.6 Å². The Morgan fingerprint density at radius 3 is 2.63 bits per heavy atom. The van der Waals surface area contributed by atoms with E-state index in [2.05, 4.69) is 10.3 Å². The number of hydrogen-bond acceptors (Lipinski definition) is 6. The zero-order valence-corrected chi connectivity index (χ0v) is 17.1. The lowest BCUT2D eigenvalue weighted by Crippen LogP contribution is -2.30. The van der Waals surface area contributed by atoms with Crippen molar-refractivity contribution < 1.29 is 19.2 Å². The molecule has 158 valence electrons. The Morgan fingerprint density at radius 1 is 1.23 bits per heavy atom. The molecule has 2 atom stereocenters. The summed E-state index contributed by atoms with van der Waals surface area (Å²) in [4.78, 5) is 27.5. The van der Waals surface area contributed by atoms with Gasteiger partial charge >= 0.3 is 0 Å². The average Bonchev–Trinajstić information content (AvgIpc) is 3.11. The molecule has 1 heterocycles. The van der Waals surface area contributed by atoms with Crippen LogP contribution in [0.4, 0.5) is 5.69 Å². The van der Waals surface area contributed by atoms with Crippen molar-refractivity contribution in [2.24, 2.45) is 0 Å². The first-order chi connectivity index (χ1) is 14.4. The molecule has 1 N–H and O–H groups in total. The molecule has 1 aromatic heterocycles. The van der Waals surface area contributed by atoms with Crippen LogP contribution >= 0.6 is 0 Å². The van der Waals surface area contributed by atoms with Crippen molar-refractivity contribution in [2.45, 2.75) is 32.5 Å². The summed E-state index contributed by atoms with van der Waals surface area (Å²) in [6.45, 7) is 4.22. The molecule has 0 aliphatic heterocycles. The van der Waals surface area contributed by atoms with E-state index < -0.39 is 4.92 Å². The number of para-hydroxylation sites is 1. The summed E-state index contributed by atoms with van der Waals surface area (Å²) in [5.74, 6) is 0.452. The van der Waals surface area contributed by atoms with Crippen LogP contribution in [0.25, 0.3) is 11.0 Å². The van der Waals surface area contributed by atoms with Gasteiger partial charge in [-0.1, -0.05) is 18.2 Å². The Hall–Kier alpha value is -3.46. The number of non-ortho nitro benzene ring substituents is 1. The van der Waals surface area contributed by atoms with Gasteiger partial charge in [0.1, 0.15) is 23.9 Å². The standard InChI is InChI=1S/C21H24N4O5/c1-14(12-29-3)30-17-9-7-16(8-10-17)15(2)23-20(26)11-24-13-22-18-5-4-6-19(21(18)24)25(27)28/h4-10,13-15H,11-12H2,1-3H3,(H,23,26)/t14?,15-/m0/s1. The minimum absolute atomic E-state index is 0.0629. The van der Waals surface area contributed by atoms with Crippen molar-refractivity contribution in [3.8, 4) is 5.75 Å². The predicted molar refractivity (Wildman–Crippen MR) is 111 cm³/mol. The van der Waals surface area contributed by atoms with Crippen LogP contribution in [0.1, 0.15) is 25.5 Å². The van der Waals surface area contributed by atoms with Gasteiger partial charge in [0.25, 0.3) is 5.69 Å². The zero-order valence-electron chi connectivity index (χ0n) is 17.1. The molecular weight excluding hydrogens is 388 g/mol. The highest BCUT2D eigenvalue weighted by atomic mass is 16.6. The Bertz CT molecular complexity index is 1030. The maximum absolute atomic E-state index is 12.5. The average molecular weight is 412 g/mol. The van der Waals surface area contributed by atoms with Crippen LogP contribution < -0.4 is 10.1 Å². The van der Waals surface area contributed by atoms with E-state index in [4.69, 9.17) is 9.47 Å². The second kappa shape index (κ2) is 9.36. The highest BCUT2D eigenvalue weighted by molar-refractivity contribution is 5.87. The molecule has 30 heavy (non-hydrogen) atoms. The molecule has 3 rings (SSSR count). The van der Waals surface area contributed by atoms with Crippen LogP contribution in [0.15, 0.2) is 48.8 Å². The molecule has 0 saturated carbocycles. The van der Waals surface area contributed by atoms with Gasteiger partial charge in [0, 0.05) is 13.2 Å². The second-order valence-corrected chi connectivity index (χ2v) is 7.02. The molecule has 0 bridgehead atoms. The van der Waals surface area contributed by atoms with Crippen molar-refractivity contribution in [1.29, 1.82) is 0 Å². The zero-order chi connectivity index (χ0) is 21.7. The number of methoxy groups -OCH3 is 1. The number of hydrogen-bond donors (Lipinski definition) is 1. The summed E-state index contributed by atoms with van der Waals surface area (Å²) in [5.41, 5.74) is 1.64. The first kappa shape index (κ1) is 21.3. The Morgan fingerprint density at radius 2 is 1.97 bits per heavy atom. The van der Waals surface area contributed by atoms with Gasteiger partial charge in [-0.25, -0.2) is 4.98 Å². The minimum atomic E-state index is -0.474. The number of nitrogens with zero attached hydrogens (tertiary/aromatic N) is 3. The lowest BCUT2D eigenvalue weighted by Gasteiger charge is -2.17. The van der Waals surface area contributed by atoms with Crippen LogP contribution in [-0.4, -0.2) is 40.2 Å². The SMILES string of the molecule is COCC(C)Oc1ccc([C@H](C)NC(=O)Cn2cnc3cccc([N+](=O)[O-])c32)cc1. The molecule has 0 radical (unpaired) electrons. The molecule has 0 aliphatic rings. The van der Waals surface area contributed by atoms with Gasteiger partial charge in [0.05, 0.1) is 29.4 Å². The number of aromatic nitrogens is 2. The lowest BCUT2D eigenvalue weighted by molar-refractivity contribution is -0.383. The van der Waals surface area contributed by atoms with E-state index >= 15 is 0 Å². The topological polar surface area (TPSA) is 109 Å². The Labute approximate surface area is 173 Å². The molecule has 1 unspecified atom stereocenters.